The quantitative estimate of drug-likeness (QED) is 0.684. The number of anilines is 2. The van der Waals surface area contributed by atoms with Crippen LogP contribution in [0.2, 0.25) is 0 Å². The van der Waals surface area contributed by atoms with Crippen molar-refractivity contribution in [3.05, 3.63) is 12.3 Å². The lowest BCUT2D eigenvalue weighted by molar-refractivity contribution is -0.137. The molecule has 2 N–H and O–H groups in total. The van der Waals surface area contributed by atoms with Crippen molar-refractivity contribution in [2.24, 2.45) is 0 Å². The number of nitrogens with one attached hydrogen (secondary N) is 1. The molecule has 18 heavy (non-hydrogen) atoms. The van der Waals surface area contributed by atoms with Crippen LogP contribution in [0.5, 0.6) is 0 Å². The Hall–Kier alpha value is -1.85. The molecule has 1 rings (SSSR count). The van der Waals surface area contributed by atoms with E-state index in [1.54, 1.807) is 6.20 Å². The molecule has 6 heteroatoms. The zero-order valence-electron chi connectivity index (χ0n) is 10.9. The standard InChI is InChI=1S/C12H20N4O2/c1-16(2)12-14-9-7-10(15-12)13-8-5-3-4-6-11(17)18/h7,9H,3-6,8H2,1-2H3,(H,17,18)(H,13,14,15). The first-order valence-corrected chi connectivity index (χ1v) is 6.05. The SMILES string of the molecule is CN(C)c1nccc(NCCCCCC(=O)O)n1. The van der Waals surface area contributed by atoms with Gasteiger partial charge in [0, 0.05) is 33.3 Å². The molecular weight excluding hydrogens is 232 g/mol. The van der Waals surface area contributed by atoms with Crippen LogP contribution in [0.15, 0.2) is 12.3 Å². The number of hydrogen-bond acceptors (Lipinski definition) is 5. The molecule has 0 unspecified atom stereocenters. The summed E-state index contributed by atoms with van der Waals surface area (Å²) in [6.45, 7) is 0.795. The second-order valence-corrected chi connectivity index (χ2v) is 4.27. The van der Waals surface area contributed by atoms with Gasteiger partial charge in [-0.2, -0.15) is 4.98 Å². The Morgan fingerprint density at radius 3 is 2.83 bits per heavy atom. The highest BCUT2D eigenvalue weighted by Crippen LogP contribution is 2.08. The number of nitrogens with zero attached hydrogens (tertiary/aromatic N) is 3. The van der Waals surface area contributed by atoms with Gasteiger partial charge < -0.3 is 15.3 Å². The first kappa shape index (κ1) is 14.2. The average Bonchev–Trinajstić information content (AvgIpc) is 2.33. The van der Waals surface area contributed by atoms with Crippen molar-refractivity contribution in [1.82, 2.24) is 9.97 Å². The summed E-state index contributed by atoms with van der Waals surface area (Å²) in [4.78, 5) is 20.6. The van der Waals surface area contributed by atoms with Crippen LogP contribution in [0, 0.1) is 0 Å². The predicted octanol–water partition coefficient (Wildman–Crippen LogP) is 1.60. The van der Waals surface area contributed by atoms with Crippen LogP contribution in [0.3, 0.4) is 0 Å². The summed E-state index contributed by atoms with van der Waals surface area (Å²) in [5, 5.41) is 11.7. The topological polar surface area (TPSA) is 78.4 Å². The van der Waals surface area contributed by atoms with E-state index in [2.05, 4.69) is 15.3 Å². The second kappa shape index (κ2) is 7.47. The lowest BCUT2D eigenvalue weighted by Gasteiger charge is -2.11. The molecule has 0 spiro atoms. The van der Waals surface area contributed by atoms with E-state index >= 15 is 0 Å². The number of carbonyl (C=O) groups is 1. The molecule has 0 aromatic carbocycles. The molecule has 0 saturated carbocycles. The maximum absolute atomic E-state index is 10.3. The maximum atomic E-state index is 10.3. The van der Waals surface area contributed by atoms with Crippen LogP contribution in [0.1, 0.15) is 25.7 Å². The van der Waals surface area contributed by atoms with Crippen LogP contribution in [-0.4, -0.2) is 41.7 Å². The highest BCUT2D eigenvalue weighted by atomic mass is 16.4. The molecule has 0 fully saturated rings. The van der Waals surface area contributed by atoms with Gasteiger partial charge in [-0.25, -0.2) is 4.98 Å². The Morgan fingerprint density at radius 2 is 2.17 bits per heavy atom. The largest absolute Gasteiger partial charge is 0.481 e. The van der Waals surface area contributed by atoms with Crippen LogP contribution >= 0.6 is 0 Å². The summed E-state index contributed by atoms with van der Waals surface area (Å²) in [7, 11) is 3.79. The summed E-state index contributed by atoms with van der Waals surface area (Å²) in [5.41, 5.74) is 0. The normalized spacial score (nSPS) is 10.1. The van der Waals surface area contributed by atoms with Crippen molar-refractivity contribution in [1.29, 1.82) is 0 Å². The zero-order chi connectivity index (χ0) is 13.4. The van der Waals surface area contributed by atoms with Crippen LogP contribution < -0.4 is 10.2 Å². The lowest BCUT2D eigenvalue weighted by atomic mass is 10.2. The number of hydrogen-bond donors (Lipinski definition) is 2. The predicted molar refractivity (Wildman–Crippen MR) is 71.0 cm³/mol. The van der Waals surface area contributed by atoms with Crippen LogP contribution in [0.4, 0.5) is 11.8 Å². The van der Waals surface area contributed by atoms with Crippen molar-refractivity contribution in [2.45, 2.75) is 25.7 Å². The zero-order valence-corrected chi connectivity index (χ0v) is 10.9. The summed E-state index contributed by atoms with van der Waals surface area (Å²) >= 11 is 0. The van der Waals surface area contributed by atoms with Gasteiger partial charge in [-0.05, 0) is 18.9 Å². The van der Waals surface area contributed by atoms with Gasteiger partial charge in [-0.1, -0.05) is 6.42 Å². The van der Waals surface area contributed by atoms with Crippen LogP contribution in [0.25, 0.3) is 0 Å². The Kier molecular flexibility index (Phi) is 5.90. The summed E-state index contributed by atoms with van der Waals surface area (Å²) < 4.78 is 0. The van der Waals surface area contributed by atoms with E-state index in [9.17, 15) is 4.79 Å². The fourth-order valence-electron chi connectivity index (χ4n) is 1.46. The molecule has 0 atom stereocenters. The molecule has 1 aromatic rings. The smallest absolute Gasteiger partial charge is 0.303 e. The number of aromatic nitrogens is 2. The van der Waals surface area contributed by atoms with E-state index in [4.69, 9.17) is 5.11 Å². The number of rotatable bonds is 8. The van der Waals surface area contributed by atoms with Crippen molar-refractivity contribution in [2.75, 3.05) is 30.9 Å². The van der Waals surface area contributed by atoms with Gasteiger partial charge in [0.15, 0.2) is 0 Å². The summed E-state index contributed by atoms with van der Waals surface area (Å²) in [6.07, 6.45) is 4.54. The molecule has 0 aliphatic heterocycles. The average molecular weight is 252 g/mol. The van der Waals surface area contributed by atoms with Crippen molar-refractivity contribution in [3.8, 4) is 0 Å². The van der Waals surface area contributed by atoms with E-state index < -0.39 is 5.97 Å². The van der Waals surface area contributed by atoms with Gasteiger partial charge in [0.25, 0.3) is 0 Å². The maximum Gasteiger partial charge on any atom is 0.303 e. The first-order valence-electron chi connectivity index (χ1n) is 6.05. The third-order valence-corrected chi connectivity index (χ3v) is 2.42. The van der Waals surface area contributed by atoms with Crippen molar-refractivity contribution in [3.63, 3.8) is 0 Å². The van der Waals surface area contributed by atoms with E-state index in [1.807, 2.05) is 25.1 Å². The Bertz CT molecular complexity index is 382. The minimum Gasteiger partial charge on any atom is -0.481 e. The highest BCUT2D eigenvalue weighted by molar-refractivity contribution is 5.66. The molecule has 1 aromatic heterocycles. The minimum atomic E-state index is -0.727. The fraction of sp³-hybridized carbons (Fsp3) is 0.583. The Labute approximate surface area is 107 Å². The number of carboxylic acid groups (broad SMARTS) is 1. The monoisotopic (exact) mass is 252 g/mol. The molecule has 0 saturated heterocycles. The molecule has 0 aliphatic rings. The highest BCUT2D eigenvalue weighted by Gasteiger charge is 2.00. The number of aliphatic carboxylic acids is 1. The summed E-state index contributed by atoms with van der Waals surface area (Å²) in [5.74, 6) is 0.743. The van der Waals surface area contributed by atoms with Crippen molar-refractivity contribution >= 4 is 17.7 Å². The first-order chi connectivity index (χ1) is 8.59. The van der Waals surface area contributed by atoms with Gasteiger partial charge in [0.1, 0.15) is 5.82 Å². The molecule has 0 aliphatic carbocycles. The van der Waals surface area contributed by atoms with Gasteiger partial charge in [0.05, 0.1) is 0 Å². The Morgan fingerprint density at radius 1 is 1.39 bits per heavy atom. The molecule has 100 valence electrons. The van der Waals surface area contributed by atoms with E-state index in [0.29, 0.717) is 5.95 Å². The molecule has 0 bridgehead atoms. The lowest BCUT2D eigenvalue weighted by Crippen LogP contribution is -2.14. The van der Waals surface area contributed by atoms with Crippen molar-refractivity contribution < 1.29 is 9.90 Å². The summed E-state index contributed by atoms with van der Waals surface area (Å²) in [6, 6.07) is 1.82. The molecule has 1 heterocycles. The van der Waals surface area contributed by atoms with E-state index in [-0.39, 0.29) is 6.42 Å². The third kappa shape index (κ3) is 5.47. The van der Waals surface area contributed by atoms with Gasteiger partial charge in [-0.15, -0.1) is 0 Å². The van der Waals surface area contributed by atoms with Gasteiger partial charge in [-0.3, -0.25) is 4.79 Å². The fourth-order valence-corrected chi connectivity index (χ4v) is 1.46. The minimum absolute atomic E-state index is 0.248. The number of carboxylic acids is 1. The van der Waals surface area contributed by atoms with E-state index in [1.165, 1.54) is 0 Å². The third-order valence-electron chi connectivity index (χ3n) is 2.42. The molecule has 6 nitrogen and oxygen atoms in total. The second-order valence-electron chi connectivity index (χ2n) is 4.27. The molecule has 0 radical (unpaired) electrons. The van der Waals surface area contributed by atoms with E-state index in [0.717, 1.165) is 31.6 Å². The van der Waals surface area contributed by atoms with Crippen LogP contribution in [-0.2, 0) is 4.79 Å². The molecule has 0 amide bonds. The van der Waals surface area contributed by atoms with Gasteiger partial charge in [0.2, 0.25) is 5.95 Å². The number of unbranched alkanes of at least 4 members (excludes halogenated alkanes) is 2. The molecular formula is C12H20N4O2. The van der Waals surface area contributed by atoms with Gasteiger partial charge >= 0.3 is 5.97 Å². The Balaban J connectivity index is 2.23.